The summed E-state index contributed by atoms with van der Waals surface area (Å²) < 4.78 is 11.5. The molecule has 0 unspecified atom stereocenters. The lowest BCUT2D eigenvalue weighted by molar-refractivity contribution is 0.0686. The molecule has 0 aliphatic rings. The number of rotatable bonds is 6. The summed E-state index contributed by atoms with van der Waals surface area (Å²) >= 11 is 6.39. The van der Waals surface area contributed by atoms with Gasteiger partial charge in [0.25, 0.3) is 0 Å². The third-order valence-corrected chi connectivity index (χ3v) is 4.20. The average molecular weight is 409 g/mol. The Labute approximate surface area is 170 Å². The quantitative estimate of drug-likeness (QED) is 0.537. The molecule has 29 heavy (non-hydrogen) atoms. The minimum Gasteiger partial charge on any atom is -0.478 e. The Morgan fingerprint density at radius 1 is 0.793 bits per heavy atom. The van der Waals surface area contributed by atoms with Crippen LogP contribution in [0.4, 0.5) is 0 Å². The summed E-state index contributed by atoms with van der Waals surface area (Å²) in [6.45, 7) is 0. The molecule has 0 fully saturated rings. The molecule has 3 aromatic carbocycles. The first-order valence-corrected chi connectivity index (χ1v) is 8.58. The molecule has 2 N–H and O–H groups in total. The Hall–Kier alpha value is -3.95. The molecular formula is C22H13ClO6. The second kappa shape index (κ2) is 8.38. The van der Waals surface area contributed by atoms with Crippen LogP contribution in [0.5, 0.6) is 23.0 Å². The molecule has 0 saturated carbocycles. The Bertz CT molecular complexity index is 1030. The smallest absolute Gasteiger partial charge is 0.335 e. The fraction of sp³-hybridized carbons (Fsp3) is 0. The first kappa shape index (κ1) is 19.8. The molecule has 0 spiro atoms. The largest absolute Gasteiger partial charge is 0.478 e. The molecule has 3 rings (SSSR count). The number of halogens is 1. The zero-order valence-electron chi connectivity index (χ0n) is 14.8. The van der Waals surface area contributed by atoms with E-state index in [4.69, 9.17) is 37.7 Å². The van der Waals surface area contributed by atoms with Gasteiger partial charge >= 0.3 is 11.9 Å². The van der Waals surface area contributed by atoms with Crippen LogP contribution in [0, 0.1) is 12.3 Å². The van der Waals surface area contributed by atoms with E-state index in [1.54, 1.807) is 12.1 Å². The molecule has 0 aliphatic carbocycles. The molecule has 0 aromatic heterocycles. The number of hydrogen-bond acceptors (Lipinski definition) is 4. The van der Waals surface area contributed by atoms with Crippen molar-refractivity contribution in [3.05, 3.63) is 82.4 Å². The van der Waals surface area contributed by atoms with Gasteiger partial charge in [-0.05, 0) is 60.7 Å². The first-order valence-electron chi connectivity index (χ1n) is 8.20. The van der Waals surface area contributed by atoms with Crippen LogP contribution in [0.1, 0.15) is 26.3 Å². The first-order chi connectivity index (χ1) is 13.9. The van der Waals surface area contributed by atoms with Gasteiger partial charge in [-0.2, -0.15) is 0 Å². The van der Waals surface area contributed by atoms with Crippen LogP contribution in [0.3, 0.4) is 0 Å². The zero-order valence-corrected chi connectivity index (χ0v) is 15.5. The van der Waals surface area contributed by atoms with Crippen LogP contribution in [-0.4, -0.2) is 22.2 Å². The second-order valence-electron chi connectivity index (χ2n) is 5.79. The van der Waals surface area contributed by atoms with Crippen molar-refractivity contribution in [3.8, 4) is 35.3 Å². The summed E-state index contributed by atoms with van der Waals surface area (Å²) in [5.74, 6) is 1.56. The lowest BCUT2D eigenvalue weighted by Crippen LogP contribution is -1.96. The van der Waals surface area contributed by atoms with Gasteiger partial charge in [-0.25, -0.2) is 9.59 Å². The van der Waals surface area contributed by atoms with Crippen LogP contribution in [0.25, 0.3) is 0 Å². The molecular weight excluding hydrogens is 396 g/mol. The molecule has 0 bridgehead atoms. The number of aromatic carboxylic acids is 2. The van der Waals surface area contributed by atoms with Gasteiger partial charge in [0.05, 0.1) is 11.1 Å². The number of carbonyl (C=O) groups is 2. The maximum atomic E-state index is 11.0. The van der Waals surface area contributed by atoms with Crippen LogP contribution in [0.15, 0.2) is 60.7 Å². The predicted molar refractivity (Wildman–Crippen MR) is 106 cm³/mol. The van der Waals surface area contributed by atoms with Gasteiger partial charge in [0.1, 0.15) is 16.5 Å². The minimum atomic E-state index is -1.05. The van der Waals surface area contributed by atoms with Gasteiger partial charge in [-0.1, -0.05) is 17.5 Å². The topological polar surface area (TPSA) is 93.1 Å². The van der Waals surface area contributed by atoms with E-state index in [0.29, 0.717) is 17.1 Å². The highest BCUT2D eigenvalue weighted by atomic mass is 35.5. The van der Waals surface area contributed by atoms with E-state index >= 15 is 0 Å². The summed E-state index contributed by atoms with van der Waals surface area (Å²) in [6.07, 6.45) is 5.50. The molecule has 7 heteroatoms. The summed E-state index contributed by atoms with van der Waals surface area (Å²) in [6, 6.07) is 14.7. The lowest BCUT2D eigenvalue weighted by atomic mass is 10.2. The zero-order chi connectivity index (χ0) is 21.0. The fourth-order valence-electron chi connectivity index (χ4n) is 2.39. The highest BCUT2D eigenvalue weighted by molar-refractivity contribution is 6.33. The monoisotopic (exact) mass is 408 g/mol. The van der Waals surface area contributed by atoms with E-state index in [2.05, 4.69) is 5.92 Å². The standard InChI is InChI=1S/C22H13ClO6/c1-2-13-11-18(28-16-7-3-14(4-8-16)21(24)25)20(23)19(12-13)29-17-9-5-15(6-10-17)22(26)27/h1,3-12H,(H,24,25)(H,26,27). The van der Waals surface area contributed by atoms with Crippen molar-refractivity contribution in [2.45, 2.75) is 0 Å². The average Bonchev–Trinajstić information content (AvgIpc) is 2.71. The van der Waals surface area contributed by atoms with Crippen molar-refractivity contribution in [3.63, 3.8) is 0 Å². The fourth-order valence-corrected chi connectivity index (χ4v) is 2.58. The molecule has 0 saturated heterocycles. The van der Waals surface area contributed by atoms with Gasteiger partial charge in [-0.15, -0.1) is 6.42 Å². The summed E-state index contributed by atoms with van der Waals surface area (Å²) in [5, 5.41) is 18.1. The van der Waals surface area contributed by atoms with Crippen molar-refractivity contribution in [1.82, 2.24) is 0 Å². The van der Waals surface area contributed by atoms with E-state index < -0.39 is 11.9 Å². The molecule has 144 valence electrons. The van der Waals surface area contributed by atoms with Crippen LogP contribution < -0.4 is 9.47 Å². The molecule has 0 aliphatic heterocycles. The number of terminal acetylenes is 1. The number of hydrogen-bond donors (Lipinski definition) is 2. The molecule has 0 radical (unpaired) electrons. The SMILES string of the molecule is C#Cc1cc(Oc2ccc(C(=O)O)cc2)c(Cl)c(Oc2ccc(C(=O)O)cc2)c1. The Morgan fingerprint density at radius 3 is 1.48 bits per heavy atom. The molecule has 6 nitrogen and oxygen atoms in total. The maximum Gasteiger partial charge on any atom is 0.335 e. The lowest BCUT2D eigenvalue weighted by Gasteiger charge is -2.13. The molecule has 0 atom stereocenters. The summed E-state index contributed by atoms with van der Waals surface area (Å²) in [4.78, 5) is 21.9. The predicted octanol–water partition coefficient (Wildman–Crippen LogP) is 5.30. The van der Waals surface area contributed by atoms with E-state index in [0.717, 1.165) is 0 Å². The van der Waals surface area contributed by atoms with Gasteiger partial charge in [0, 0.05) is 5.56 Å². The third kappa shape index (κ3) is 4.67. The third-order valence-electron chi connectivity index (χ3n) is 3.83. The summed E-state index contributed by atoms with van der Waals surface area (Å²) in [5.41, 5.74) is 0.688. The Morgan fingerprint density at radius 2 is 1.17 bits per heavy atom. The molecule has 0 heterocycles. The number of carboxylic acids is 2. The highest BCUT2D eigenvalue weighted by Crippen LogP contribution is 2.40. The van der Waals surface area contributed by atoms with E-state index in [9.17, 15) is 9.59 Å². The van der Waals surface area contributed by atoms with Crippen molar-refractivity contribution in [1.29, 1.82) is 0 Å². The number of ether oxygens (including phenoxy) is 2. The molecule has 3 aromatic rings. The van der Waals surface area contributed by atoms with E-state index in [-0.39, 0.29) is 27.6 Å². The normalized spacial score (nSPS) is 10.1. The van der Waals surface area contributed by atoms with Crippen molar-refractivity contribution >= 4 is 23.5 Å². The Balaban J connectivity index is 1.90. The molecule has 0 amide bonds. The van der Waals surface area contributed by atoms with Crippen molar-refractivity contribution in [2.24, 2.45) is 0 Å². The highest BCUT2D eigenvalue weighted by Gasteiger charge is 2.14. The van der Waals surface area contributed by atoms with Crippen molar-refractivity contribution < 1.29 is 29.3 Å². The summed E-state index contributed by atoms with van der Waals surface area (Å²) in [7, 11) is 0. The van der Waals surface area contributed by atoms with Gasteiger partial charge in [0.15, 0.2) is 11.5 Å². The van der Waals surface area contributed by atoms with Crippen molar-refractivity contribution in [2.75, 3.05) is 0 Å². The second-order valence-corrected chi connectivity index (χ2v) is 6.17. The van der Waals surface area contributed by atoms with E-state index in [1.165, 1.54) is 48.5 Å². The van der Waals surface area contributed by atoms with Gasteiger partial charge in [-0.3, -0.25) is 0 Å². The van der Waals surface area contributed by atoms with Gasteiger partial charge < -0.3 is 19.7 Å². The van der Waals surface area contributed by atoms with Crippen LogP contribution in [-0.2, 0) is 0 Å². The minimum absolute atomic E-state index is 0.120. The number of benzene rings is 3. The van der Waals surface area contributed by atoms with Crippen LogP contribution >= 0.6 is 11.6 Å². The van der Waals surface area contributed by atoms with Crippen LogP contribution in [0.2, 0.25) is 5.02 Å². The number of carboxylic acid groups (broad SMARTS) is 2. The maximum absolute atomic E-state index is 11.0. The van der Waals surface area contributed by atoms with E-state index in [1.807, 2.05) is 0 Å². The Kier molecular flexibility index (Phi) is 5.72. The van der Waals surface area contributed by atoms with Gasteiger partial charge in [0.2, 0.25) is 0 Å².